The van der Waals surface area contributed by atoms with E-state index in [1.165, 1.54) is 14.9 Å². The van der Waals surface area contributed by atoms with Crippen LogP contribution in [0.2, 0.25) is 0 Å². The number of anilines is 1. The van der Waals surface area contributed by atoms with Gasteiger partial charge in [-0.3, -0.25) is 4.90 Å². The van der Waals surface area contributed by atoms with Gasteiger partial charge in [-0.15, -0.1) is 11.3 Å². The van der Waals surface area contributed by atoms with Crippen LogP contribution in [0, 0.1) is 0 Å². The van der Waals surface area contributed by atoms with E-state index in [1.54, 1.807) is 11.3 Å². The first kappa shape index (κ1) is 13.5. The predicted molar refractivity (Wildman–Crippen MR) is 81.0 cm³/mol. The van der Waals surface area contributed by atoms with Gasteiger partial charge in [0.1, 0.15) is 5.82 Å². The Kier molecular flexibility index (Phi) is 4.74. The van der Waals surface area contributed by atoms with E-state index in [0.29, 0.717) is 0 Å². The molecule has 0 unspecified atom stereocenters. The molecule has 5 heteroatoms. The second kappa shape index (κ2) is 6.31. The van der Waals surface area contributed by atoms with Crippen LogP contribution in [0.1, 0.15) is 11.1 Å². The lowest BCUT2D eigenvalue weighted by molar-refractivity contribution is 0.319. The number of hydrogen-bond donors (Lipinski definition) is 1. The highest BCUT2D eigenvalue weighted by molar-refractivity contribution is 9.11. The molecule has 3 nitrogen and oxygen atoms in total. The zero-order chi connectivity index (χ0) is 13.0. The second-order valence-corrected chi connectivity index (χ2v) is 6.52. The molecule has 2 heterocycles. The molecule has 0 saturated carbocycles. The molecule has 0 aliphatic heterocycles. The topological polar surface area (TPSA) is 28.2 Å². The van der Waals surface area contributed by atoms with Crippen LogP contribution < -0.4 is 5.32 Å². The summed E-state index contributed by atoms with van der Waals surface area (Å²) < 4.78 is 1.19. The molecular weight excluding hydrogens is 310 g/mol. The van der Waals surface area contributed by atoms with Crippen LogP contribution >= 0.6 is 27.3 Å². The summed E-state index contributed by atoms with van der Waals surface area (Å²) in [6.07, 6.45) is 1.84. The lowest BCUT2D eigenvalue weighted by Gasteiger charge is -2.16. The van der Waals surface area contributed by atoms with Crippen molar-refractivity contribution in [3.05, 3.63) is 44.7 Å². The molecule has 0 fully saturated rings. The molecule has 0 aliphatic carbocycles. The molecule has 0 bridgehead atoms. The number of nitrogens with zero attached hydrogens (tertiary/aromatic N) is 2. The van der Waals surface area contributed by atoms with Crippen molar-refractivity contribution in [3.63, 3.8) is 0 Å². The fourth-order valence-electron chi connectivity index (χ4n) is 1.82. The molecule has 2 aromatic heterocycles. The Labute approximate surface area is 120 Å². The van der Waals surface area contributed by atoms with Crippen molar-refractivity contribution in [3.8, 4) is 0 Å². The molecule has 0 aliphatic rings. The Morgan fingerprint density at radius 3 is 2.78 bits per heavy atom. The Morgan fingerprint density at radius 2 is 2.11 bits per heavy atom. The maximum Gasteiger partial charge on any atom is 0.125 e. The van der Waals surface area contributed by atoms with Gasteiger partial charge in [-0.2, -0.15) is 0 Å². The molecule has 0 amide bonds. The zero-order valence-electron chi connectivity index (χ0n) is 10.5. The minimum absolute atomic E-state index is 0.916. The number of hydrogen-bond acceptors (Lipinski definition) is 4. The van der Waals surface area contributed by atoms with Crippen molar-refractivity contribution in [2.75, 3.05) is 19.4 Å². The van der Waals surface area contributed by atoms with Crippen LogP contribution in [0.5, 0.6) is 0 Å². The number of aromatic nitrogens is 1. The zero-order valence-corrected chi connectivity index (χ0v) is 12.9. The molecule has 96 valence electrons. The Morgan fingerprint density at radius 1 is 1.33 bits per heavy atom. The highest BCUT2D eigenvalue weighted by Crippen LogP contribution is 2.22. The molecule has 0 atom stereocenters. The van der Waals surface area contributed by atoms with Gasteiger partial charge in [0.25, 0.3) is 0 Å². The molecule has 18 heavy (non-hydrogen) atoms. The van der Waals surface area contributed by atoms with Crippen molar-refractivity contribution < 1.29 is 0 Å². The number of thiophene rings is 1. The van der Waals surface area contributed by atoms with Crippen molar-refractivity contribution in [1.82, 2.24) is 9.88 Å². The summed E-state index contributed by atoms with van der Waals surface area (Å²) >= 11 is 5.22. The van der Waals surface area contributed by atoms with Crippen LogP contribution in [-0.4, -0.2) is 24.0 Å². The summed E-state index contributed by atoms with van der Waals surface area (Å²) in [6, 6.07) is 6.31. The van der Waals surface area contributed by atoms with Crippen LogP contribution in [0.15, 0.2) is 33.6 Å². The van der Waals surface area contributed by atoms with Crippen LogP contribution in [0.4, 0.5) is 5.82 Å². The Bertz CT molecular complexity index is 512. The lowest BCUT2D eigenvalue weighted by Crippen LogP contribution is -2.17. The summed E-state index contributed by atoms with van der Waals surface area (Å²) in [5.74, 6) is 0.916. The second-order valence-electron chi connectivity index (χ2n) is 4.23. The van der Waals surface area contributed by atoms with Crippen LogP contribution in [-0.2, 0) is 13.1 Å². The first-order valence-corrected chi connectivity index (χ1v) is 7.39. The summed E-state index contributed by atoms with van der Waals surface area (Å²) in [6.45, 7) is 1.88. The van der Waals surface area contributed by atoms with Gasteiger partial charge in [-0.1, -0.05) is 0 Å². The van der Waals surface area contributed by atoms with E-state index in [-0.39, 0.29) is 0 Å². The quantitative estimate of drug-likeness (QED) is 0.910. The molecular formula is C13H16BrN3S. The molecule has 1 N–H and O–H groups in total. The maximum absolute atomic E-state index is 4.22. The summed E-state index contributed by atoms with van der Waals surface area (Å²) in [4.78, 5) is 6.51. The first-order chi connectivity index (χ1) is 8.67. The van der Waals surface area contributed by atoms with Gasteiger partial charge in [-0.05, 0) is 57.7 Å². The minimum atomic E-state index is 0.916. The Hall–Kier alpha value is -0.910. The molecule has 0 saturated heterocycles. The molecule has 2 aromatic rings. The van der Waals surface area contributed by atoms with E-state index >= 15 is 0 Å². The predicted octanol–water partition coefficient (Wildman–Crippen LogP) is 3.58. The van der Waals surface area contributed by atoms with E-state index in [0.717, 1.165) is 18.9 Å². The number of pyridine rings is 1. The largest absolute Gasteiger partial charge is 0.373 e. The molecule has 0 spiro atoms. The van der Waals surface area contributed by atoms with E-state index < -0.39 is 0 Å². The maximum atomic E-state index is 4.22. The van der Waals surface area contributed by atoms with E-state index in [2.05, 4.69) is 61.8 Å². The third-order valence-electron chi connectivity index (χ3n) is 2.61. The highest BCUT2D eigenvalue weighted by atomic mass is 79.9. The Balaban J connectivity index is 1.96. The van der Waals surface area contributed by atoms with Gasteiger partial charge < -0.3 is 5.32 Å². The summed E-state index contributed by atoms with van der Waals surface area (Å²) in [5, 5.41) is 5.25. The van der Waals surface area contributed by atoms with Crippen LogP contribution in [0.3, 0.4) is 0 Å². The normalized spacial score (nSPS) is 10.9. The highest BCUT2D eigenvalue weighted by Gasteiger charge is 2.04. The van der Waals surface area contributed by atoms with E-state index in [9.17, 15) is 0 Å². The number of nitrogens with one attached hydrogen (secondary N) is 1. The van der Waals surface area contributed by atoms with E-state index in [4.69, 9.17) is 0 Å². The van der Waals surface area contributed by atoms with Gasteiger partial charge in [0.05, 0.1) is 3.79 Å². The molecule has 2 rings (SSSR count). The smallest absolute Gasteiger partial charge is 0.125 e. The van der Waals surface area contributed by atoms with Crippen molar-refractivity contribution in [1.29, 1.82) is 0 Å². The van der Waals surface area contributed by atoms with E-state index in [1.807, 2.05) is 13.2 Å². The fraction of sp³-hybridized carbons (Fsp3) is 0.308. The van der Waals surface area contributed by atoms with Crippen molar-refractivity contribution >= 4 is 33.1 Å². The third-order valence-corrected chi connectivity index (χ3v) is 4.16. The average Bonchev–Trinajstić information content (AvgIpc) is 2.74. The molecule has 0 radical (unpaired) electrons. The average molecular weight is 326 g/mol. The van der Waals surface area contributed by atoms with Crippen LogP contribution in [0.25, 0.3) is 0 Å². The monoisotopic (exact) mass is 325 g/mol. The fourth-order valence-corrected chi connectivity index (χ4v) is 3.02. The first-order valence-electron chi connectivity index (χ1n) is 5.71. The lowest BCUT2D eigenvalue weighted by atomic mass is 10.2. The minimum Gasteiger partial charge on any atom is -0.373 e. The van der Waals surface area contributed by atoms with Gasteiger partial charge >= 0.3 is 0 Å². The molecule has 0 aromatic carbocycles. The van der Waals surface area contributed by atoms with Crippen molar-refractivity contribution in [2.45, 2.75) is 13.1 Å². The van der Waals surface area contributed by atoms with Crippen molar-refractivity contribution in [2.24, 2.45) is 0 Å². The van der Waals surface area contributed by atoms with Gasteiger partial charge in [0, 0.05) is 26.3 Å². The SMILES string of the molecule is CNc1cc(CN(C)Cc2csc(Br)c2)ccn1. The van der Waals surface area contributed by atoms with Gasteiger partial charge in [0.15, 0.2) is 0 Å². The standard InChI is InChI=1S/C13H16BrN3S/c1-15-13-6-10(3-4-16-13)7-17(2)8-11-5-12(14)18-9-11/h3-6,9H,7-8H2,1-2H3,(H,15,16). The van der Waals surface area contributed by atoms with Gasteiger partial charge in [0.2, 0.25) is 0 Å². The summed E-state index contributed by atoms with van der Waals surface area (Å²) in [7, 11) is 4.02. The summed E-state index contributed by atoms with van der Waals surface area (Å²) in [5.41, 5.74) is 2.61. The number of rotatable bonds is 5. The third kappa shape index (κ3) is 3.80. The van der Waals surface area contributed by atoms with Gasteiger partial charge in [-0.25, -0.2) is 4.98 Å². The number of halogens is 1.